The number of benzene rings is 2. The van der Waals surface area contributed by atoms with E-state index >= 15 is 0 Å². The highest BCUT2D eigenvalue weighted by atomic mass is 16.5. The second-order valence-electron chi connectivity index (χ2n) is 8.43. The second-order valence-corrected chi connectivity index (χ2v) is 8.43. The number of carbonyl (C=O) groups is 3. The van der Waals surface area contributed by atoms with Gasteiger partial charge >= 0.3 is 5.97 Å². The van der Waals surface area contributed by atoms with Gasteiger partial charge in [-0.25, -0.2) is 4.98 Å². The van der Waals surface area contributed by atoms with E-state index in [2.05, 4.69) is 4.98 Å². The Morgan fingerprint density at radius 3 is 2.11 bits per heavy atom. The van der Waals surface area contributed by atoms with Crippen LogP contribution in [0, 0.1) is 5.92 Å². The van der Waals surface area contributed by atoms with Gasteiger partial charge in [-0.1, -0.05) is 36.4 Å². The lowest BCUT2D eigenvalue weighted by Gasteiger charge is -2.22. The van der Waals surface area contributed by atoms with Crippen molar-refractivity contribution in [2.45, 2.75) is 25.4 Å². The van der Waals surface area contributed by atoms with Gasteiger partial charge in [0.05, 0.1) is 30.3 Å². The Bertz CT molecular complexity index is 1190. The third-order valence-electron chi connectivity index (χ3n) is 6.29. The van der Waals surface area contributed by atoms with Gasteiger partial charge in [0.2, 0.25) is 5.88 Å². The Labute approximate surface area is 202 Å². The zero-order chi connectivity index (χ0) is 24.9. The molecule has 1 aromatic heterocycles. The molecule has 0 radical (unpaired) electrons. The Hall–Kier alpha value is -4.04. The van der Waals surface area contributed by atoms with Crippen LogP contribution >= 0.6 is 0 Å². The number of nitrogens with zero attached hydrogens (tertiary/aromatic N) is 2. The van der Waals surface area contributed by atoms with Crippen LogP contribution in [0.5, 0.6) is 5.88 Å². The molecule has 2 atom stereocenters. The van der Waals surface area contributed by atoms with Gasteiger partial charge < -0.3 is 14.9 Å². The molecule has 0 aliphatic carbocycles. The highest BCUT2D eigenvalue weighted by Crippen LogP contribution is 2.25. The van der Waals surface area contributed by atoms with Crippen molar-refractivity contribution in [1.82, 2.24) is 9.88 Å². The molecule has 35 heavy (non-hydrogen) atoms. The number of aliphatic hydroxyl groups is 1. The molecule has 3 aromatic rings. The van der Waals surface area contributed by atoms with Crippen molar-refractivity contribution in [3.8, 4) is 17.0 Å². The number of rotatable bonds is 10. The molecule has 8 nitrogen and oxygen atoms in total. The lowest BCUT2D eigenvalue weighted by Crippen LogP contribution is -2.36. The van der Waals surface area contributed by atoms with Gasteiger partial charge in [0, 0.05) is 24.4 Å². The van der Waals surface area contributed by atoms with Gasteiger partial charge in [0.25, 0.3) is 11.8 Å². The predicted molar refractivity (Wildman–Crippen MR) is 128 cm³/mol. The first kappa shape index (κ1) is 24.1. The number of carboxylic acid groups (broad SMARTS) is 1. The molecular formula is C27H26N2O6. The van der Waals surface area contributed by atoms with Crippen LogP contribution in [0.2, 0.25) is 0 Å². The van der Waals surface area contributed by atoms with E-state index < -0.39 is 29.8 Å². The molecule has 1 aliphatic heterocycles. The van der Waals surface area contributed by atoms with Crippen LogP contribution in [0.3, 0.4) is 0 Å². The molecule has 0 spiro atoms. The number of aromatic nitrogens is 1. The number of aryl methyl sites for hydroxylation is 1. The molecule has 2 N–H and O–H groups in total. The van der Waals surface area contributed by atoms with Crippen molar-refractivity contribution in [1.29, 1.82) is 0 Å². The minimum absolute atomic E-state index is 0.0224. The van der Waals surface area contributed by atoms with Crippen LogP contribution in [0.4, 0.5) is 0 Å². The third-order valence-corrected chi connectivity index (χ3v) is 6.29. The first-order chi connectivity index (χ1) is 16.9. The number of hydrogen-bond acceptors (Lipinski definition) is 6. The largest absolute Gasteiger partial charge is 0.481 e. The highest BCUT2D eigenvalue weighted by molar-refractivity contribution is 6.21. The van der Waals surface area contributed by atoms with E-state index in [0.29, 0.717) is 23.4 Å². The number of carboxylic acids is 1. The van der Waals surface area contributed by atoms with Gasteiger partial charge in [0.15, 0.2) is 0 Å². The first-order valence-electron chi connectivity index (χ1n) is 11.3. The van der Waals surface area contributed by atoms with Crippen LogP contribution in [0.25, 0.3) is 11.1 Å². The van der Waals surface area contributed by atoms with Crippen molar-refractivity contribution < 1.29 is 29.3 Å². The second kappa shape index (κ2) is 10.5. The summed E-state index contributed by atoms with van der Waals surface area (Å²) in [7, 11) is 1.56. The molecule has 0 unspecified atom stereocenters. The van der Waals surface area contributed by atoms with E-state index in [1.807, 2.05) is 30.3 Å². The van der Waals surface area contributed by atoms with Crippen LogP contribution in [-0.4, -0.2) is 57.6 Å². The van der Waals surface area contributed by atoms with E-state index in [4.69, 9.17) is 4.74 Å². The Balaban J connectivity index is 1.33. The van der Waals surface area contributed by atoms with Crippen molar-refractivity contribution in [2.24, 2.45) is 5.92 Å². The summed E-state index contributed by atoms with van der Waals surface area (Å²) < 4.78 is 5.07. The minimum atomic E-state index is -1.16. The average Bonchev–Trinajstić information content (AvgIpc) is 3.12. The number of imide groups is 1. The Morgan fingerprint density at radius 2 is 1.57 bits per heavy atom. The fourth-order valence-electron chi connectivity index (χ4n) is 4.24. The monoisotopic (exact) mass is 474 g/mol. The zero-order valence-corrected chi connectivity index (χ0v) is 19.3. The molecule has 8 heteroatoms. The molecule has 1 aliphatic rings. The Kier molecular flexibility index (Phi) is 7.22. The van der Waals surface area contributed by atoms with E-state index in [0.717, 1.165) is 21.6 Å². The van der Waals surface area contributed by atoms with Crippen LogP contribution in [-0.2, 0) is 11.2 Å². The van der Waals surface area contributed by atoms with Gasteiger partial charge in [-0.3, -0.25) is 19.3 Å². The topological polar surface area (TPSA) is 117 Å². The lowest BCUT2D eigenvalue weighted by molar-refractivity contribution is -0.146. The van der Waals surface area contributed by atoms with Crippen LogP contribution < -0.4 is 4.74 Å². The smallest absolute Gasteiger partial charge is 0.309 e. The quantitative estimate of drug-likeness (QED) is 0.432. The molecule has 180 valence electrons. The van der Waals surface area contributed by atoms with Crippen LogP contribution in [0.1, 0.15) is 39.1 Å². The number of carbonyl (C=O) groups excluding carboxylic acids is 2. The van der Waals surface area contributed by atoms with Gasteiger partial charge in [-0.15, -0.1) is 0 Å². The van der Waals surface area contributed by atoms with Gasteiger partial charge in [-0.2, -0.15) is 0 Å². The molecular weight excluding hydrogens is 448 g/mol. The summed E-state index contributed by atoms with van der Waals surface area (Å²) in [4.78, 5) is 42.1. The number of fused-ring (bicyclic) bond motifs is 1. The fraction of sp³-hybridized carbons (Fsp3) is 0.259. The number of aliphatic carboxylic acids is 1. The number of amides is 2. The highest BCUT2D eigenvalue weighted by Gasteiger charge is 2.36. The number of aliphatic hydroxyl groups excluding tert-OH is 1. The molecule has 2 amide bonds. The summed E-state index contributed by atoms with van der Waals surface area (Å²) in [5.74, 6) is -2.58. The van der Waals surface area contributed by atoms with Crippen molar-refractivity contribution in [3.63, 3.8) is 0 Å². The van der Waals surface area contributed by atoms with Crippen molar-refractivity contribution in [2.75, 3.05) is 13.7 Å². The van der Waals surface area contributed by atoms with Crippen molar-refractivity contribution in [3.05, 3.63) is 83.6 Å². The minimum Gasteiger partial charge on any atom is -0.481 e. The summed E-state index contributed by atoms with van der Waals surface area (Å²) in [6.45, 7) is -0.0645. The van der Waals surface area contributed by atoms with E-state index in [1.165, 1.54) is 0 Å². The first-order valence-corrected chi connectivity index (χ1v) is 11.3. The maximum absolute atomic E-state index is 12.5. The standard InChI is InChI=1S/C27H26N2O6/c1-35-24-13-11-19(16-28-24)18-9-6-17(7-10-18)8-12-23(30)22(27(33)34)14-15-29-25(31)20-4-2-3-5-21(20)26(29)32/h2-7,9-11,13,16,22-23,30H,8,12,14-15H2,1H3,(H,33,34)/t22-,23+/m0/s1. The third kappa shape index (κ3) is 5.22. The summed E-state index contributed by atoms with van der Waals surface area (Å²) >= 11 is 0. The molecule has 0 bridgehead atoms. The van der Waals surface area contributed by atoms with Gasteiger partial charge in [-0.05, 0) is 48.6 Å². The SMILES string of the molecule is COc1ccc(-c2ccc(CC[C@@H](O)[C@H](CCN3C(=O)c4ccccc4C3=O)C(=O)O)cc2)cn1. The zero-order valence-electron chi connectivity index (χ0n) is 19.3. The van der Waals surface area contributed by atoms with E-state index in [1.54, 1.807) is 43.6 Å². The van der Waals surface area contributed by atoms with Gasteiger partial charge in [0.1, 0.15) is 0 Å². The molecule has 4 rings (SSSR count). The summed E-state index contributed by atoms with van der Waals surface area (Å²) in [5.41, 5.74) is 3.52. The van der Waals surface area contributed by atoms with E-state index in [9.17, 15) is 24.6 Å². The number of hydrogen-bond donors (Lipinski definition) is 2. The summed E-state index contributed by atoms with van der Waals surface area (Å²) in [5, 5.41) is 20.3. The maximum Gasteiger partial charge on any atom is 0.309 e. The summed E-state index contributed by atoms with van der Waals surface area (Å²) in [6.07, 6.45) is 1.31. The normalized spacial score (nSPS) is 14.5. The number of methoxy groups -OCH3 is 1. The number of ether oxygens (including phenoxy) is 1. The fourth-order valence-corrected chi connectivity index (χ4v) is 4.24. The maximum atomic E-state index is 12.5. The summed E-state index contributed by atoms with van der Waals surface area (Å²) in [6, 6.07) is 18.0. The number of pyridine rings is 1. The Morgan fingerprint density at radius 1 is 0.943 bits per heavy atom. The predicted octanol–water partition coefficient (Wildman–Crippen LogP) is 3.44. The van der Waals surface area contributed by atoms with Crippen molar-refractivity contribution >= 4 is 17.8 Å². The molecule has 2 heterocycles. The van der Waals surface area contributed by atoms with E-state index in [-0.39, 0.29) is 19.4 Å². The molecule has 2 aromatic carbocycles. The average molecular weight is 475 g/mol. The molecule has 0 saturated heterocycles. The molecule has 0 fully saturated rings. The lowest BCUT2D eigenvalue weighted by atomic mass is 9.93. The van der Waals surface area contributed by atoms with Crippen LogP contribution in [0.15, 0.2) is 66.9 Å². The molecule has 0 saturated carbocycles.